The summed E-state index contributed by atoms with van der Waals surface area (Å²) in [5.41, 5.74) is 6.90. The molecule has 0 spiro atoms. The van der Waals surface area contributed by atoms with E-state index in [1.165, 1.54) is 12.4 Å². The molecule has 78 valence electrons. The maximum Gasteiger partial charge on any atom is 0.137 e. The average molecular weight is 206 g/mol. The van der Waals surface area contributed by atoms with E-state index >= 15 is 0 Å². The Morgan fingerprint density at radius 3 is 2.93 bits per heavy atom. The van der Waals surface area contributed by atoms with E-state index in [9.17, 15) is 4.39 Å². The molecule has 2 N–H and O–H groups in total. The van der Waals surface area contributed by atoms with Crippen LogP contribution in [0.4, 0.5) is 4.39 Å². The van der Waals surface area contributed by atoms with Gasteiger partial charge in [-0.05, 0) is 17.7 Å². The van der Waals surface area contributed by atoms with Crippen LogP contribution in [0.3, 0.4) is 0 Å². The molecule has 0 bridgehead atoms. The normalized spacial score (nSPS) is 10.5. The summed E-state index contributed by atoms with van der Waals surface area (Å²) >= 11 is 0. The summed E-state index contributed by atoms with van der Waals surface area (Å²) in [7, 11) is 0. The Bertz CT molecular complexity index is 439. The summed E-state index contributed by atoms with van der Waals surface area (Å²) in [5, 5.41) is 3.97. The van der Waals surface area contributed by atoms with Gasteiger partial charge in [0.15, 0.2) is 0 Å². The summed E-state index contributed by atoms with van der Waals surface area (Å²) in [6, 6.07) is 4.89. The molecule has 4 nitrogen and oxygen atoms in total. The van der Waals surface area contributed by atoms with Gasteiger partial charge in [0.05, 0.1) is 6.54 Å². The minimum Gasteiger partial charge on any atom is -0.326 e. The first-order valence-corrected chi connectivity index (χ1v) is 4.59. The third-order valence-electron chi connectivity index (χ3n) is 2.14. The van der Waals surface area contributed by atoms with Gasteiger partial charge in [-0.2, -0.15) is 5.10 Å². The third kappa shape index (κ3) is 2.19. The van der Waals surface area contributed by atoms with Gasteiger partial charge in [0.1, 0.15) is 18.5 Å². The first-order valence-electron chi connectivity index (χ1n) is 4.59. The summed E-state index contributed by atoms with van der Waals surface area (Å²) in [5.74, 6) is -0.264. The highest BCUT2D eigenvalue weighted by molar-refractivity contribution is 5.25. The summed E-state index contributed by atoms with van der Waals surface area (Å²) in [4.78, 5) is 3.83. The number of aromatic nitrogens is 3. The largest absolute Gasteiger partial charge is 0.326 e. The smallest absolute Gasteiger partial charge is 0.137 e. The quantitative estimate of drug-likeness (QED) is 0.812. The van der Waals surface area contributed by atoms with Crippen LogP contribution in [0.25, 0.3) is 0 Å². The highest BCUT2D eigenvalue weighted by Crippen LogP contribution is 2.10. The molecular weight excluding hydrogens is 195 g/mol. The van der Waals surface area contributed by atoms with Crippen molar-refractivity contribution in [3.63, 3.8) is 0 Å². The number of nitrogens with zero attached hydrogens (tertiary/aromatic N) is 3. The van der Waals surface area contributed by atoms with Crippen LogP contribution in [0.5, 0.6) is 0 Å². The monoisotopic (exact) mass is 206 g/mol. The minimum atomic E-state index is -0.264. The summed E-state index contributed by atoms with van der Waals surface area (Å²) < 4.78 is 14.8. The molecule has 15 heavy (non-hydrogen) atoms. The van der Waals surface area contributed by atoms with Crippen molar-refractivity contribution in [1.29, 1.82) is 0 Å². The van der Waals surface area contributed by atoms with Crippen LogP contribution >= 0.6 is 0 Å². The molecule has 0 unspecified atom stereocenters. The molecule has 0 radical (unpaired) electrons. The lowest BCUT2D eigenvalue weighted by Crippen LogP contribution is -2.04. The Morgan fingerprint density at radius 1 is 1.40 bits per heavy atom. The lowest BCUT2D eigenvalue weighted by atomic mass is 10.1. The van der Waals surface area contributed by atoms with Crippen molar-refractivity contribution in [1.82, 2.24) is 14.8 Å². The van der Waals surface area contributed by atoms with Crippen LogP contribution in [-0.4, -0.2) is 14.8 Å². The maximum atomic E-state index is 13.1. The van der Waals surface area contributed by atoms with Crippen molar-refractivity contribution < 1.29 is 4.39 Å². The van der Waals surface area contributed by atoms with E-state index in [1.54, 1.807) is 23.1 Å². The second-order valence-corrected chi connectivity index (χ2v) is 3.22. The Balaban J connectivity index is 2.22. The van der Waals surface area contributed by atoms with Crippen molar-refractivity contribution in [2.24, 2.45) is 5.73 Å². The third-order valence-corrected chi connectivity index (χ3v) is 2.14. The second-order valence-electron chi connectivity index (χ2n) is 3.22. The Morgan fingerprint density at radius 2 is 2.27 bits per heavy atom. The van der Waals surface area contributed by atoms with Crippen molar-refractivity contribution in [3.8, 4) is 0 Å². The number of benzene rings is 1. The fourth-order valence-corrected chi connectivity index (χ4v) is 1.38. The van der Waals surface area contributed by atoms with Crippen LogP contribution < -0.4 is 5.73 Å². The Labute approximate surface area is 86.6 Å². The van der Waals surface area contributed by atoms with E-state index in [0.29, 0.717) is 12.1 Å². The zero-order chi connectivity index (χ0) is 10.7. The van der Waals surface area contributed by atoms with Crippen LogP contribution in [0.2, 0.25) is 0 Å². The predicted molar refractivity (Wildman–Crippen MR) is 53.4 cm³/mol. The Hall–Kier alpha value is -1.75. The van der Waals surface area contributed by atoms with Gasteiger partial charge in [0.2, 0.25) is 0 Å². The fraction of sp³-hybridized carbons (Fsp3) is 0.200. The van der Waals surface area contributed by atoms with E-state index in [-0.39, 0.29) is 12.4 Å². The van der Waals surface area contributed by atoms with E-state index in [2.05, 4.69) is 10.1 Å². The van der Waals surface area contributed by atoms with Crippen LogP contribution in [0, 0.1) is 5.82 Å². The van der Waals surface area contributed by atoms with E-state index < -0.39 is 0 Å². The van der Waals surface area contributed by atoms with Gasteiger partial charge in [0, 0.05) is 12.1 Å². The highest BCUT2D eigenvalue weighted by atomic mass is 19.1. The van der Waals surface area contributed by atoms with Gasteiger partial charge in [-0.25, -0.2) is 14.1 Å². The lowest BCUT2D eigenvalue weighted by Gasteiger charge is -2.04. The SMILES string of the molecule is NCc1cc(Cn2cncn2)ccc1F. The molecule has 0 fully saturated rings. The molecule has 0 saturated heterocycles. The zero-order valence-electron chi connectivity index (χ0n) is 8.10. The first kappa shape index (κ1) is 9.79. The summed E-state index contributed by atoms with van der Waals surface area (Å²) in [6.07, 6.45) is 3.08. The minimum absolute atomic E-state index is 0.205. The Kier molecular flexibility index (Phi) is 2.73. The van der Waals surface area contributed by atoms with Gasteiger partial charge < -0.3 is 5.73 Å². The molecule has 1 aromatic heterocycles. The highest BCUT2D eigenvalue weighted by Gasteiger charge is 2.02. The number of rotatable bonds is 3. The molecule has 0 saturated carbocycles. The molecule has 0 aliphatic carbocycles. The lowest BCUT2D eigenvalue weighted by molar-refractivity contribution is 0.607. The molecule has 0 aliphatic heterocycles. The van der Waals surface area contributed by atoms with Crippen molar-refractivity contribution in [2.45, 2.75) is 13.1 Å². The number of halogens is 1. The molecule has 1 aromatic carbocycles. The van der Waals surface area contributed by atoms with Crippen LogP contribution in [0.15, 0.2) is 30.9 Å². The van der Waals surface area contributed by atoms with Crippen molar-refractivity contribution in [2.75, 3.05) is 0 Å². The van der Waals surface area contributed by atoms with Gasteiger partial charge >= 0.3 is 0 Å². The number of hydrogen-bond donors (Lipinski definition) is 1. The molecule has 2 rings (SSSR count). The molecule has 5 heteroatoms. The predicted octanol–water partition coefficient (Wildman–Crippen LogP) is 0.924. The zero-order valence-corrected chi connectivity index (χ0v) is 8.10. The number of hydrogen-bond acceptors (Lipinski definition) is 3. The standard InChI is InChI=1S/C10H11FN4/c11-10-2-1-8(3-9(10)4-12)5-15-7-13-6-14-15/h1-3,6-7H,4-5,12H2. The molecular formula is C10H11FN4. The molecule has 0 aliphatic rings. The topological polar surface area (TPSA) is 56.7 Å². The van der Waals surface area contributed by atoms with E-state index in [1.807, 2.05) is 0 Å². The van der Waals surface area contributed by atoms with Crippen LogP contribution in [-0.2, 0) is 13.1 Å². The molecule has 0 amide bonds. The number of nitrogens with two attached hydrogens (primary N) is 1. The summed E-state index contributed by atoms with van der Waals surface area (Å²) in [6.45, 7) is 0.782. The van der Waals surface area contributed by atoms with Crippen molar-refractivity contribution in [3.05, 3.63) is 47.8 Å². The van der Waals surface area contributed by atoms with Gasteiger partial charge in [-0.3, -0.25) is 0 Å². The van der Waals surface area contributed by atoms with Crippen molar-refractivity contribution >= 4 is 0 Å². The van der Waals surface area contributed by atoms with E-state index in [4.69, 9.17) is 5.73 Å². The van der Waals surface area contributed by atoms with Gasteiger partial charge in [0.25, 0.3) is 0 Å². The first-order chi connectivity index (χ1) is 7.29. The second kappa shape index (κ2) is 4.18. The van der Waals surface area contributed by atoms with Gasteiger partial charge in [-0.15, -0.1) is 0 Å². The van der Waals surface area contributed by atoms with E-state index in [0.717, 1.165) is 5.56 Å². The molecule has 2 aromatic rings. The molecule has 1 heterocycles. The maximum absolute atomic E-state index is 13.1. The molecule has 0 atom stereocenters. The van der Waals surface area contributed by atoms with Gasteiger partial charge in [-0.1, -0.05) is 6.07 Å². The fourth-order valence-electron chi connectivity index (χ4n) is 1.38. The average Bonchev–Trinajstić information content (AvgIpc) is 2.73. The van der Waals surface area contributed by atoms with Crippen LogP contribution in [0.1, 0.15) is 11.1 Å².